The Labute approximate surface area is 176 Å². The smallest absolute Gasteiger partial charge is 0.222 e. The van der Waals surface area contributed by atoms with Crippen molar-refractivity contribution in [3.63, 3.8) is 0 Å². The molecule has 7 heteroatoms. The molecule has 2 saturated heterocycles. The Balaban J connectivity index is 1.27. The van der Waals surface area contributed by atoms with Crippen molar-refractivity contribution in [1.29, 1.82) is 0 Å². The van der Waals surface area contributed by atoms with Crippen LogP contribution in [0.5, 0.6) is 0 Å². The van der Waals surface area contributed by atoms with Crippen LogP contribution in [0.2, 0.25) is 0 Å². The van der Waals surface area contributed by atoms with Crippen LogP contribution in [0.25, 0.3) is 0 Å². The van der Waals surface area contributed by atoms with Gasteiger partial charge in [-0.25, -0.2) is 9.38 Å². The number of aliphatic imine (C=N–C) groups is 1. The van der Waals surface area contributed by atoms with Gasteiger partial charge in [-0.2, -0.15) is 0 Å². The molecule has 30 heavy (non-hydrogen) atoms. The second kappa shape index (κ2) is 9.15. The summed E-state index contributed by atoms with van der Waals surface area (Å²) in [7, 11) is 0. The van der Waals surface area contributed by atoms with Crippen LogP contribution in [0.1, 0.15) is 24.0 Å². The zero-order valence-corrected chi connectivity index (χ0v) is 17.1. The van der Waals surface area contributed by atoms with Crippen molar-refractivity contribution in [2.24, 2.45) is 10.7 Å². The maximum absolute atomic E-state index is 13.1. The fourth-order valence-corrected chi connectivity index (χ4v) is 3.96. The van der Waals surface area contributed by atoms with E-state index in [2.05, 4.69) is 39.1 Å². The molecule has 158 valence electrons. The Kier molecular flexibility index (Phi) is 6.16. The maximum atomic E-state index is 13.1. The third-order valence-electron chi connectivity index (χ3n) is 5.79. The Morgan fingerprint density at radius 3 is 2.23 bits per heavy atom. The number of hydrogen-bond acceptors (Lipinski definition) is 3. The number of hydrogen-bond donors (Lipinski definition) is 1. The second-order valence-electron chi connectivity index (χ2n) is 7.86. The van der Waals surface area contributed by atoms with Crippen LogP contribution in [-0.2, 0) is 17.9 Å². The van der Waals surface area contributed by atoms with Crippen molar-refractivity contribution in [3.8, 4) is 0 Å². The lowest BCUT2D eigenvalue weighted by Crippen LogP contribution is -2.51. The molecule has 2 N–H and O–H groups in total. The molecule has 0 aromatic heterocycles. The number of guanidine groups is 1. The van der Waals surface area contributed by atoms with Gasteiger partial charge in [-0.15, -0.1) is 0 Å². The number of nitrogens with two attached hydrogens (primary N) is 1. The predicted molar refractivity (Wildman–Crippen MR) is 117 cm³/mol. The Morgan fingerprint density at radius 2 is 1.60 bits per heavy atom. The number of piperazine rings is 1. The van der Waals surface area contributed by atoms with Crippen LogP contribution >= 0.6 is 0 Å². The molecule has 0 spiro atoms. The maximum Gasteiger partial charge on any atom is 0.222 e. The Morgan fingerprint density at radius 1 is 0.933 bits per heavy atom. The average Bonchev–Trinajstić information content (AvgIpc) is 3.18. The molecule has 2 aromatic carbocycles. The molecule has 0 saturated carbocycles. The number of anilines is 1. The molecular formula is C23H28FN5O. The van der Waals surface area contributed by atoms with E-state index in [1.807, 2.05) is 17.0 Å². The summed E-state index contributed by atoms with van der Waals surface area (Å²) in [6.45, 7) is 5.30. The van der Waals surface area contributed by atoms with E-state index >= 15 is 0 Å². The zero-order chi connectivity index (χ0) is 20.9. The highest BCUT2D eigenvalue weighted by Gasteiger charge is 2.20. The highest BCUT2D eigenvalue weighted by molar-refractivity contribution is 5.78. The van der Waals surface area contributed by atoms with E-state index in [1.54, 1.807) is 0 Å². The topological polar surface area (TPSA) is 65.2 Å². The average molecular weight is 410 g/mol. The molecule has 0 atom stereocenters. The largest absolute Gasteiger partial charge is 0.370 e. The molecule has 0 unspecified atom stereocenters. The number of benzene rings is 2. The molecule has 4 rings (SSSR count). The summed E-state index contributed by atoms with van der Waals surface area (Å²) >= 11 is 0. The van der Waals surface area contributed by atoms with Crippen molar-refractivity contribution < 1.29 is 9.18 Å². The van der Waals surface area contributed by atoms with Crippen LogP contribution in [0.4, 0.5) is 10.1 Å². The van der Waals surface area contributed by atoms with Gasteiger partial charge in [-0.3, -0.25) is 4.79 Å². The minimum atomic E-state index is -0.216. The number of likely N-dealkylation sites (tertiary alicyclic amines) is 1. The van der Waals surface area contributed by atoms with Crippen molar-refractivity contribution in [3.05, 3.63) is 65.5 Å². The molecule has 6 nitrogen and oxygen atoms in total. The molecule has 2 aliphatic heterocycles. The van der Waals surface area contributed by atoms with E-state index in [9.17, 15) is 9.18 Å². The molecule has 2 aromatic rings. The molecule has 2 fully saturated rings. The summed E-state index contributed by atoms with van der Waals surface area (Å²) in [5.41, 5.74) is 9.49. The highest BCUT2D eigenvalue weighted by atomic mass is 19.1. The fraction of sp³-hybridized carbons (Fsp3) is 0.391. The summed E-state index contributed by atoms with van der Waals surface area (Å²) in [4.78, 5) is 22.6. The van der Waals surface area contributed by atoms with Crippen LogP contribution in [0, 0.1) is 5.82 Å². The molecule has 1 amide bonds. The molecule has 0 radical (unpaired) electrons. The number of halogens is 1. The van der Waals surface area contributed by atoms with Gasteiger partial charge in [-0.05, 0) is 41.8 Å². The second-order valence-corrected chi connectivity index (χ2v) is 7.86. The van der Waals surface area contributed by atoms with Crippen molar-refractivity contribution in [2.75, 3.05) is 37.6 Å². The van der Waals surface area contributed by atoms with E-state index in [0.29, 0.717) is 25.5 Å². The minimum Gasteiger partial charge on any atom is -0.370 e. The lowest BCUT2D eigenvalue weighted by Gasteiger charge is -2.36. The number of amides is 1. The standard InChI is InChI=1S/C23H28FN5O/c24-20-7-9-21(10-8-20)27-12-14-28(15-13-27)23(25)26-16-18-3-5-19(6-4-18)17-29-11-1-2-22(29)30/h3-10H,1-2,11-17H2,(H2,25,26). The minimum absolute atomic E-state index is 0.216. The van der Waals surface area contributed by atoms with Gasteiger partial charge in [0, 0.05) is 51.4 Å². The first-order chi connectivity index (χ1) is 14.6. The van der Waals surface area contributed by atoms with Crippen LogP contribution in [0.3, 0.4) is 0 Å². The van der Waals surface area contributed by atoms with Gasteiger partial charge >= 0.3 is 0 Å². The quantitative estimate of drug-likeness (QED) is 0.609. The Bertz CT molecular complexity index is 889. The van der Waals surface area contributed by atoms with Crippen molar-refractivity contribution in [2.45, 2.75) is 25.9 Å². The molecule has 2 aliphatic rings. The van der Waals surface area contributed by atoms with Gasteiger partial charge in [0.15, 0.2) is 5.96 Å². The highest BCUT2D eigenvalue weighted by Crippen LogP contribution is 2.17. The summed E-state index contributed by atoms with van der Waals surface area (Å²) in [6, 6.07) is 14.8. The number of nitrogens with zero attached hydrogens (tertiary/aromatic N) is 4. The first kappa shape index (κ1) is 20.2. The number of carbonyl (C=O) groups excluding carboxylic acids is 1. The zero-order valence-electron chi connectivity index (χ0n) is 17.1. The lowest BCUT2D eigenvalue weighted by molar-refractivity contribution is -0.128. The van der Waals surface area contributed by atoms with Gasteiger partial charge in [0.25, 0.3) is 0 Å². The van der Waals surface area contributed by atoms with Crippen molar-refractivity contribution in [1.82, 2.24) is 9.80 Å². The van der Waals surface area contributed by atoms with E-state index in [0.717, 1.165) is 56.0 Å². The number of carbonyl (C=O) groups is 1. The van der Waals surface area contributed by atoms with E-state index in [-0.39, 0.29) is 11.7 Å². The van der Waals surface area contributed by atoms with Crippen LogP contribution in [-0.4, -0.2) is 54.4 Å². The van der Waals surface area contributed by atoms with Gasteiger partial charge in [-0.1, -0.05) is 24.3 Å². The third-order valence-corrected chi connectivity index (χ3v) is 5.79. The van der Waals surface area contributed by atoms with Crippen LogP contribution < -0.4 is 10.6 Å². The summed E-state index contributed by atoms with van der Waals surface area (Å²) in [5, 5.41) is 0. The van der Waals surface area contributed by atoms with Gasteiger partial charge in [0.1, 0.15) is 5.82 Å². The monoisotopic (exact) mass is 409 g/mol. The Hall–Kier alpha value is -3.09. The summed E-state index contributed by atoms with van der Waals surface area (Å²) in [5.74, 6) is 0.586. The SMILES string of the molecule is NC(=NCc1ccc(CN2CCCC2=O)cc1)N1CCN(c2ccc(F)cc2)CC1. The van der Waals surface area contributed by atoms with Gasteiger partial charge in [0.05, 0.1) is 6.54 Å². The number of rotatable bonds is 5. The van der Waals surface area contributed by atoms with Crippen LogP contribution in [0.15, 0.2) is 53.5 Å². The van der Waals surface area contributed by atoms with Gasteiger partial charge < -0.3 is 20.4 Å². The molecule has 2 heterocycles. The van der Waals surface area contributed by atoms with E-state index in [1.165, 1.54) is 12.1 Å². The molecule has 0 bridgehead atoms. The van der Waals surface area contributed by atoms with Gasteiger partial charge in [0.2, 0.25) is 5.91 Å². The van der Waals surface area contributed by atoms with Crippen molar-refractivity contribution >= 4 is 17.6 Å². The summed E-state index contributed by atoms with van der Waals surface area (Å²) < 4.78 is 13.1. The molecular weight excluding hydrogens is 381 g/mol. The molecule has 0 aliphatic carbocycles. The third kappa shape index (κ3) is 4.90. The summed E-state index contributed by atoms with van der Waals surface area (Å²) in [6.07, 6.45) is 1.63. The first-order valence-electron chi connectivity index (χ1n) is 10.5. The predicted octanol–water partition coefficient (Wildman–Crippen LogP) is 2.58. The fourth-order valence-electron chi connectivity index (χ4n) is 3.96. The van der Waals surface area contributed by atoms with E-state index < -0.39 is 0 Å². The van der Waals surface area contributed by atoms with E-state index in [4.69, 9.17) is 5.73 Å². The normalized spacial score (nSPS) is 17.7. The first-order valence-corrected chi connectivity index (χ1v) is 10.5. The lowest BCUT2D eigenvalue weighted by atomic mass is 10.1.